The van der Waals surface area contributed by atoms with Crippen molar-refractivity contribution in [1.82, 2.24) is 4.57 Å². The summed E-state index contributed by atoms with van der Waals surface area (Å²) in [5, 5.41) is 8.69. The van der Waals surface area contributed by atoms with Gasteiger partial charge in [-0.2, -0.15) is 5.26 Å². The summed E-state index contributed by atoms with van der Waals surface area (Å²) in [4.78, 5) is 11.7. The van der Waals surface area contributed by atoms with E-state index in [-0.39, 0.29) is 22.8 Å². The molecule has 1 heterocycles. The van der Waals surface area contributed by atoms with E-state index in [4.69, 9.17) is 11.0 Å². The van der Waals surface area contributed by atoms with E-state index in [1.807, 2.05) is 6.07 Å². The number of nitrogens with two attached hydrogens (primary N) is 1. The van der Waals surface area contributed by atoms with Crippen molar-refractivity contribution >= 4 is 15.5 Å². The summed E-state index contributed by atoms with van der Waals surface area (Å²) in [5.74, 6) is -0.220. The molecule has 0 amide bonds. The first kappa shape index (κ1) is 14.8. The highest BCUT2D eigenvalue weighted by molar-refractivity contribution is 7.91. The van der Waals surface area contributed by atoms with Gasteiger partial charge in [-0.3, -0.25) is 4.79 Å². The van der Waals surface area contributed by atoms with Crippen molar-refractivity contribution < 1.29 is 8.42 Å². The standard InChI is InChI=1S/C14H13N3O3S/c15-9-11-1-4-13(5-2-11)21(19,20)8-7-17-10-12(16)3-6-14(17)18/h1-6,10H,7-8,16H2. The first-order valence-electron chi connectivity index (χ1n) is 6.11. The molecule has 7 heteroatoms. The van der Waals surface area contributed by atoms with Gasteiger partial charge in [0.05, 0.1) is 22.3 Å². The van der Waals surface area contributed by atoms with Crippen molar-refractivity contribution in [3.05, 3.63) is 58.5 Å². The van der Waals surface area contributed by atoms with Gasteiger partial charge in [-0.1, -0.05) is 0 Å². The zero-order chi connectivity index (χ0) is 15.5. The van der Waals surface area contributed by atoms with Gasteiger partial charge in [0, 0.05) is 24.5 Å². The Morgan fingerprint density at radius 1 is 1.14 bits per heavy atom. The zero-order valence-electron chi connectivity index (χ0n) is 11.1. The third-order valence-electron chi connectivity index (χ3n) is 2.95. The molecule has 2 rings (SSSR count). The van der Waals surface area contributed by atoms with Crippen LogP contribution in [0.2, 0.25) is 0 Å². The number of nitriles is 1. The summed E-state index contributed by atoms with van der Waals surface area (Å²) < 4.78 is 25.6. The van der Waals surface area contributed by atoms with E-state index in [0.717, 1.165) is 0 Å². The highest BCUT2D eigenvalue weighted by Crippen LogP contribution is 2.12. The molecule has 0 atom stereocenters. The SMILES string of the molecule is N#Cc1ccc(S(=O)(=O)CCn2cc(N)ccc2=O)cc1. The predicted molar refractivity (Wildman–Crippen MR) is 78.3 cm³/mol. The minimum absolute atomic E-state index is 0.0200. The van der Waals surface area contributed by atoms with Crippen molar-refractivity contribution in [1.29, 1.82) is 5.26 Å². The maximum absolute atomic E-state index is 12.2. The number of anilines is 1. The Balaban J connectivity index is 2.19. The highest BCUT2D eigenvalue weighted by Gasteiger charge is 2.14. The lowest BCUT2D eigenvalue weighted by molar-refractivity contribution is 0.587. The van der Waals surface area contributed by atoms with E-state index in [1.165, 1.54) is 47.2 Å². The summed E-state index contributed by atoms with van der Waals surface area (Å²) in [6, 6.07) is 10.3. The second-order valence-corrected chi connectivity index (χ2v) is 6.56. The normalized spacial score (nSPS) is 11.0. The maximum Gasteiger partial charge on any atom is 0.250 e. The zero-order valence-corrected chi connectivity index (χ0v) is 11.9. The van der Waals surface area contributed by atoms with Crippen LogP contribution >= 0.6 is 0 Å². The molecule has 1 aromatic carbocycles. The van der Waals surface area contributed by atoms with Gasteiger partial charge in [0.1, 0.15) is 0 Å². The van der Waals surface area contributed by atoms with Crippen LogP contribution in [0.15, 0.2) is 52.3 Å². The van der Waals surface area contributed by atoms with E-state index in [9.17, 15) is 13.2 Å². The molecule has 21 heavy (non-hydrogen) atoms. The number of sulfone groups is 1. The van der Waals surface area contributed by atoms with Crippen LogP contribution < -0.4 is 11.3 Å². The van der Waals surface area contributed by atoms with Crippen LogP contribution in [0.4, 0.5) is 5.69 Å². The van der Waals surface area contributed by atoms with E-state index < -0.39 is 9.84 Å². The van der Waals surface area contributed by atoms with Gasteiger partial charge in [-0.05, 0) is 30.3 Å². The number of rotatable bonds is 4. The third kappa shape index (κ3) is 3.49. The van der Waals surface area contributed by atoms with Crippen LogP contribution in [-0.2, 0) is 16.4 Å². The van der Waals surface area contributed by atoms with Gasteiger partial charge in [-0.15, -0.1) is 0 Å². The molecular formula is C14H13N3O3S. The lowest BCUT2D eigenvalue weighted by atomic mass is 10.2. The number of nitrogen functional groups attached to an aromatic ring is 1. The van der Waals surface area contributed by atoms with Crippen LogP contribution in [0.5, 0.6) is 0 Å². The second kappa shape index (κ2) is 5.81. The molecule has 0 fully saturated rings. The van der Waals surface area contributed by atoms with Crippen molar-refractivity contribution in [2.24, 2.45) is 0 Å². The molecule has 108 valence electrons. The molecule has 2 aromatic rings. The number of aryl methyl sites for hydroxylation is 1. The molecule has 0 unspecified atom stereocenters. The summed E-state index contributed by atoms with van der Waals surface area (Å²) in [6.45, 7) is 0.0200. The fourth-order valence-electron chi connectivity index (χ4n) is 1.80. The second-order valence-electron chi connectivity index (χ2n) is 4.45. The maximum atomic E-state index is 12.2. The summed E-state index contributed by atoms with van der Waals surface area (Å²) in [6.07, 6.45) is 1.41. The van der Waals surface area contributed by atoms with Gasteiger partial charge in [0.2, 0.25) is 0 Å². The van der Waals surface area contributed by atoms with Crippen molar-refractivity contribution in [2.75, 3.05) is 11.5 Å². The van der Waals surface area contributed by atoms with Crippen LogP contribution in [0.25, 0.3) is 0 Å². The third-order valence-corrected chi connectivity index (χ3v) is 4.66. The minimum atomic E-state index is -3.52. The van der Waals surface area contributed by atoms with Gasteiger partial charge < -0.3 is 10.3 Å². The summed E-state index contributed by atoms with van der Waals surface area (Å²) >= 11 is 0. The van der Waals surface area contributed by atoms with Crippen LogP contribution in [0, 0.1) is 11.3 Å². The van der Waals surface area contributed by atoms with Crippen LogP contribution in [0.3, 0.4) is 0 Å². The van der Waals surface area contributed by atoms with Crippen LogP contribution in [-0.4, -0.2) is 18.7 Å². The molecule has 0 aliphatic carbocycles. The molecule has 2 N–H and O–H groups in total. The monoisotopic (exact) mass is 303 g/mol. The first-order chi connectivity index (χ1) is 9.92. The molecule has 0 bridgehead atoms. The molecule has 0 saturated heterocycles. The number of nitrogens with zero attached hydrogens (tertiary/aromatic N) is 2. The van der Waals surface area contributed by atoms with E-state index >= 15 is 0 Å². The molecular weight excluding hydrogens is 290 g/mol. The number of hydrogen-bond donors (Lipinski definition) is 1. The average molecular weight is 303 g/mol. The number of benzene rings is 1. The van der Waals surface area contributed by atoms with Crippen LogP contribution in [0.1, 0.15) is 5.56 Å². The van der Waals surface area contributed by atoms with Crippen molar-refractivity contribution in [2.45, 2.75) is 11.4 Å². The summed E-state index contributed by atoms with van der Waals surface area (Å²) in [7, 11) is -3.52. The molecule has 1 aromatic heterocycles. The fraction of sp³-hybridized carbons (Fsp3) is 0.143. The van der Waals surface area contributed by atoms with Crippen molar-refractivity contribution in [3.63, 3.8) is 0 Å². The highest BCUT2D eigenvalue weighted by atomic mass is 32.2. The predicted octanol–water partition coefficient (Wildman–Crippen LogP) is 0.776. The van der Waals surface area contributed by atoms with Crippen molar-refractivity contribution in [3.8, 4) is 6.07 Å². The fourth-order valence-corrected chi connectivity index (χ4v) is 3.02. The smallest absolute Gasteiger partial charge is 0.250 e. The number of aromatic nitrogens is 1. The average Bonchev–Trinajstić information content (AvgIpc) is 2.48. The molecule has 0 spiro atoms. The Kier molecular flexibility index (Phi) is 4.10. The van der Waals surface area contributed by atoms with Gasteiger partial charge >= 0.3 is 0 Å². The van der Waals surface area contributed by atoms with Gasteiger partial charge in [0.15, 0.2) is 9.84 Å². The molecule has 0 aliphatic heterocycles. The Morgan fingerprint density at radius 3 is 2.43 bits per heavy atom. The molecule has 0 radical (unpaired) electrons. The quantitative estimate of drug-likeness (QED) is 0.898. The lowest BCUT2D eigenvalue weighted by Crippen LogP contribution is -2.23. The number of pyridine rings is 1. The largest absolute Gasteiger partial charge is 0.398 e. The Morgan fingerprint density at radius 2 is 1.81 bits per heavy atom. The first-order valence-corrected chi connectivity index (χ1v) is 7.76. The van der Waals surface area contributed by atoms with E-state index in [1.54, 1.807) is 0 Å². The summed E-state index contributed by atoms with van der Waals surface area (Å²) in [5.41, 5.74) is 6.05. The number of hydrogen-bond acceptors (Lipinski definition) is 5. The molecule has 0 aliphatic rings. The van der Waals surface area contributed by atoms with Gasteiger partial charge in [-0.25, -0.2) is 8.42 Å². The Labute approximate surface area is 122 Å². The topological polar surface area (TPSA) is 106 Å². The minimum Gasteiger partial charge on any atom is -0.398 e. The van der Waals surface area contributed by atoms with E-state index in [2.05, 4.69) is 0 Å². The Bertz CT molecular complexity index is 846. The lowest BCUT2D eigenvalue weighted by Gasteiger charge is -2.07. The van der Waals surface area contributed by atoms with E-state index in [0.29, 0.717) is 11.3 Å². The molecule has 0 saturated carbocycles. The van der Waals surface area contributed by atoms with Gasteiger partial charge in [0.25, 0.3) is 5.56 Å². The molecule has 6 nitrogen and oxygen atoms in total. The Hall–Kier alpha value is -2.59.